The Morgan fingerprint density at radius 1 is 1.04 bits per heavy atom. The molecule has 124 valence electrons. The van der Waals surface area contributed by atoms with Crippen molar-refractivity contribution in [3.05, 3.63) is 65.5 Å². The third kappa shape index (κ3) is 4.65. The standard InChI is InChI=1S/C19H21N3O2/c23-18(21-10-4-7-14-5-2-1-3-6-14)15-11-16(13-20-12-15)19(24)22-17-8-9-17/h1-3,5-6,11-13,17H,4,7-10H2,(H,21,23)(H,22,24). The fourth-order valence-corrected chi connectivity index (χ4v) is 2.43. The van der Waals surface area contributed by atoms with E-state index in [0.717, 1.165) is 25.7 Å². The number of amides is 2. The number of pyridine rings is 1. The van der Waals surface area contributed by atoms with Crippen LogP contribution in [0.3, 0.4) is 0 Å². The number of nitrogens with zero attached hydrogens (tertiary/aromatic N) is 1. The van der Waals surface area contributed by atoms with Gasteiger partial charge in [-0.2, -0.15) is 0 Å². The van der Waals surface area contributed by atoms with Gasteiger partial charge in [0.1, 0.15) is 0 Å². The number of aromatic nitrogens is 1. The van der Waals surface area contributed by atoms with Gasteiger partial charge in [-0.25, -0.2) is 0 Å². The Hall–Kier alpha value is -2.69. The molecule has 0 unspecified atom stereocenters. The summed E-state index contributed by atoms with van der Waals surface area (Å²) >= 11 is 0. The molecule has 2 amide bonds. The number of hydrogen-bond acceptors (Lipinski definition) is 3. The van der Waals surface area contributed by atoms with Gasteiger partial charge in [-0.15, -0.1) is 0 Å². The summed E-state index contributed by atoms with van der Waals surface area (Å²) in [6.07, 6.45) is 6.82. The van der Waals surface area contributed by atoms with E-state index < -0.39 is 0 Å². The van der Waals surface area contributed by atoms with Crippen LogP contribution in [-0.4, -0.2) is 29.4 Å². The molecule has 0 radical (unpaired) electrons. The molecule has 1 aromatic carbocycles. The van der Waals surface area contributed by atoms with Crippen LogP contribution < -0.4 is 10.6 Å². The fraction of sp³-hybridized carbons (Fsp3) is 0.316. The zero-order valence-corrected chi connectivity index (χ0v) is 13.5. The SMILES string of the molecule is O=C(NCCCc1ccccc1)c1cncc(C(=O)NC2CC2)c1. The molecule has 5 heteroatoms. The van der Waals surface area contributed by atoms with E-state index in [9.17, 15) is 9.59 Å². The van der Waals surface area contributed by atoms with Crippen molar-refractivity contribution in [1.82, 2.24) is 15.6 Å². The van der Waals surface area contributed by atoms with Crippen LogP contribution in [0.5, 0.6) is 0 Å². The Bertz CT molecular complexity index is 712. The summed E-state index contributed by atoms with van der Waals surface area (Å²) < 4.78 is 0. The van der Waals surface area contributed by atoms with Gasteiger partial charge in [-0.1, -0.05) is 30.3 Å². The smallest absolute Gasteiger partial charge is 0.253 e. The number of carbonyl (C=O) groups is 2. The molecule has 1 aliphatic rings. The zero-order chi connectivity index (χ0) is 16.8. The van der Waals surface area contributed by atoms with Gasteiger partial charge >= 0.3 is 0 Å². The topological polar surface area (TPSA) is 71.1 Å². The van der Waals surface area contributed by atoms with Crippen molar-refractivity contribution in [2.45, 2.75) is 31.7 Å². The largest absolute Gasteiger partial charge is 0.352 e. The van der Waals surface area contributed by atoms with Crippen molar-refractivity contribution in [2.75, 3.05) is 6.54 Å². The highest BCUT2D eigenvalue weighted by Gasteiger charge is 2.24. The number of carbonyl (C=O) groups excluding carboxylic acids is 2. The second-order valence-electron chi connectivity index (χ2n) is 6.06. The summed E-state index contributed by atoms with van der Waals surface area (Å²) in [6.45, 7) is 0.590. The lowest BCUT2D eigenvalue weighted by Crippen LogP contribution is -2.27. The predicted molar refractivity (Wildman–Crippen MR) is 91.8 cm³/mol. The molecule has 0 spiro atoms. The average molecular weight is 323 g/mol. The van der Waals surface area contributed by atoms with E-state index in [1.807, 2.05) is 18.2 Å². The summed E-state index contributed by atoms with van der Waals surface area (Å²) in [7, 11) is 0. The fourth-order valence-electron chi connectivity index (χ4n) is 2.43. The zero-order valence-electron chi connectivity index (χ0n) is 13.5. The van der Waals surface area contributed by atoms with E-state index in [-0.39, 0.29) is 17.9 Å². The number of nitrogens with one attached hydrogen (secondary N) is 2. The molecule has 0 aliphatic heterocycles. The molecule has 2 N–H and O–H groups in total. The number of hydrogen-bond donors (Lipinski definition) is 2. The first-order chi connectivity index (χ1) is 11.7. The maximum Gasteiger partial charge on any atom is 0.253 e. The minimum atomic E-state index is -0.198. The Balaban J connectivity index is 1.48. The monoisotopic (exact) mass is 323 g/mol. The van der Waals surface area contributed by atoms with E-state index >= 15 is 0 Å². The minimum Gasteiger partial charge on any atom is -0.352 e. The maximum atomic E-state index is 12.2. The summed E-state index contributed by atoms with van der Waals surface area (Å²) in [5.41, 5.74) is 2.10. The molecule has 1 saturated carbocycles. The third-order valence-electron chi connectivity index (χ3n) is 3.95. The quantitative estimate of drug-likeness (QED) is 0.768. The summed E-state index contributed by atoms with van der Waals surface area (Å²) in [5, 5.41) is 5.77. The number of benzene rings is 1. The van der Waals surface area contributed by atoms with Crippen LogP contribution in [0.4, 0.5) is 0 Å². The first-order valence-electron chi connectivity index (χ1n) is 8.30. The minimum absolute atomic E-state index is 0.163. The molecule has 3 rings (SSSR count). The Morgan fingerprint density at radius 2 is 1.75 bits per heavy atom. The van der Waals surface area contributed by atoms with Crippen molar-refractivity contribution >= 4 is 11.8 Å². The lowest BCUT2D eigenvalue weighted by Gasteiger charge is -2.07. The van der Waals surface area contributed by atoms with Crippen LogP contribution in [0.25, 0.3) is 0 Å². The number of rotatable bonds is 7. The van der Waals surface area contributed by atoms with E-state index in [2.05, 4.69) is 27.8 Å². The van der Waals surface area contributed by atoms with Gasteiger partial charge in [-0.05, 0) is 37.3 Å². The highest BCUT2D eigenvalue weighted by molar-refractivity contribution is 5.99. The van der Waals surface area contributed by atoms with Crippen LogP contribution in [-0.2, 0) is 6.42 Å². The molecular formula is C19H21N3O2. The van der Waals surface area contributed by atoms with Crippen molar-refractivity contribution < 1.29 is 9.59 Å². The van der Waals surface area contributed by atoms with Gasteiger partial charge < -0.3 is 10.6 Å². The second kappa shape index (κ2) is 7.73. The van der Waals surface area contributed by atoms with Crippen LogP contribution in [0, 0.1) is 0 Å². The first kappa shape index (κ1) is 16.2. The molecule has 2 aromatic rings. The van der Waals surface area contributed by atoms with Crippen molar-refractivity contribution in [3.63, 3.8) is 0 Å². The van der Waals surface area contributed by atoms with Crippen molar-refractivity contribution in [1.29, 1.82) is 0 Å². The maximum absolute atomic E-state index is 12.2. The van der Waals surface area contributed by atoms with Crippen LogP contribution in [0.2, 0.25) is 0 Å². The molecule has 1 fully saturated rings. The highest BCUT2D eigenvalue weighted by atomic mass is 16.2. The van der Waals surface area contributed by atoms with Gasteiger partial charge in [-0.3, -0.25) is 14.6 Å². The molecule has 24 heavy (non-hydrogen) atoms. The van der Waals surface area contributed by atoms with E-state index in [4.69, 9.17) is 0 Å². The molecule has 0 bridgehead atoms. The molecule has 1 heterocycles. The van der Waals surface area contributed by atoms with Gasteiger partial charge in [0.05, 0.1) is 11.1 Å². The van der Waals surface area contributed by atoms with Gasteiger partial charge in [0, 0.05) is 25.0 Å². The Morgan fingerprint density at radius 3 is 2.46 bits per heavy atom. The molecule has 5 nitrogen and oxygen atoms in total. The molecule has 1 aromatic heterocycles. The van der Waals surface area contributed by atoms with Gasteiger partial charge in [0.2, 0.25) is 0 Å². The lowest BCUT2D eigenvalue weighted by atomic mass is 10.1. The molecule has 0 atom stereocenters. The van der Waals surface area contributed by atoms with Crippen LogP contribution in [0.15, 0.2) is 48.8 Å². The van der Waals surface area contributed by atoms with Gasteiger partial charge in [0.15, 0.2) is 0 Å². The predicted octanol–water partition coefficient (Wildman–Crippen LogP) is 2.34. The van der Waals surface area contributed by atoms with E-state index in [0.29, 0.717) is 17.7 Å². The van der Waals surface area contributed by atoms with E-state index in [1.54, 1.807) is 6.07 Å². The third-order valence-corrected chi connectivity index (χ3v) is 3.95. The van der Waals surface area contributed by atoms with E-state index in [1.165, 1.54) is 18.0 Å². The molecular weight excluding hydrogens is 302 g/mol. The van der Waals surface area contributed by atoms with Crippen LogP contribution in [0.1, 0.15) is 45.5 Å². The first-order valence-corrected chi connectivity index (χ1v) is 8.30. The van der Waals surface area contributed by atoms with Crippen LogP contribution >= 0.6 is 0 Å². The molecule has 1 aliphatic carbocycles. The van der Waals surface area contributed by atoms with Gasteiger partial charge in [0.25, 0.3) is 11.8 Å². The number of aryl methyl sites for hydroxylation is 1. The lowest BCUT2D eigenvalue weighted by molar-refractivity contribution is 0.0950. The Kier molecular flexibility index (Phi) is 5.21. The van der Waals surface area contributed by atoms with Crippen molar-refractivity contribution in [3.8, 4) is 0 Å². The normalized spacial score (nSPS) is 13.3. The summed E-state index contributed by atoms with van der Waals surface area (Å²) in [6, 6.07) is 12.0. The summed E-state index contributed by atoms with van der Waals surface area (Å²) in [4.78, 5) is 28.2. The summed E-state index contributed by atoms with van der Waals surface area (Å²) in [5.74, 6) is -0.361. The Labute approximate surface area is 141 Å². The molecule has 0 saturated heterocycles. The highest BCUT2D eigenvalue weighted by Crippen LogP contribution is 2.19. The average Bonchev–Trinajstić information content (AvgIpc) is 3.43. The van der Waals surface area contributed by atoms with Crippen molar-refractivity contribution in [2.24, 2.45) is 0 Å². The second-order valence-corrected chi connectivity index (χ2v) is 6.06.